The Labute approximate surface area is 154 Å². The third-order valence-electron chi connectivity index (χ3n) is 3.74. The molecule has 0 unspecified atom stereocenters. The molecule has 138 valence electrons. The first kappa shape index (κ1) is 19.7. The molecule has 0 heterocycles. The van der Waals surface area contributed by atoms with Crippen molar-refractivity contribution in [1.29, 1.82) is 0 Å². The molecule has 1 amide bonds. The molecule has 7 heteroatoms. The number of carbonyl (C=O) groups is 1. The first-order chi connectivity index (χ1) is 12.3. The standard InChI is InChI=1S/C19H22N2O4S/c1-4-14-25-17-12-10-16(11-13-17)20-19(22)18(21(2)26(3,23)24)15-8-6-5-7-9-15/h4-13,18H,1,14H2,2-3H3,(H,20,22)/t18-/m1/s1. The van der Waals surface area contributed by atoms with Gasteiger partial charge in [0.1, 0.15) is 18.4 Å². The van der Waals surface area contributed by atoms with Crippen LogP contribution in [0.15, 0.2) is 67.3 Å². The van der Waals surface area contributed by atoms with E-state index >= 15 is 0 Å². The molecular formula is C19H22N2O4S. The van der Waals surface area contributed by atoms with Crippen molar-refractivity contribution < 1.29 is 17.9 Å². The van der Waals surface area contributed by atoms with Crippen molar-refractivity contribution in [3.8, 4) is 5.75 Å². The lowest BCUT2D eigenvalue weighted by Crippen LogP contribution is -2.38. The van der Waals surface area contributed by atoms with E-state index in [1.165, 1.54) is 7.05 Å². The number of anilines is 1. The van der Waals surface area contributed by atoms with Gasteiger partial charge in [0.25, 0.3) is 0 Å². The molecule has 6 nitrogen and oxygen atoms in total. The van der Waals surface area contributed by atoms with Gasteiger partial charge in [0.2, 0.25) is 15.9 Å². The second-order valence-electron chi connectivity index (χ2n) is 5.71. The molecule has 0 fully saturated rings. The van der Waals surface area contributed by atoms with E-state index in [1.807, 2.05) is 0 Å². The minimum atomic E-state index is -3.56. The number of nitrogens with one attached hydrogen (secondary N) is 1. The number of nitrogens with zero attached hydrogens (tertiary/aromatic N) is 1. The lowest BCUT2D eigenvalue weighted by Gasteiger charge is -2.25. The van der Waals surface area contributed by atoms with Gasteiger partial charge in [0, 0.05) is 12.7 Å². The van der Waals surface area contributed by atoms with E-state index in [0.717, 1.165) is 10.6 Å². The van der Waals surface area contributed by atoms with E-state index in [4.69, 9.17) is 4.74 Å². The van der Waals surface area contributed by atoms with Crippen molar-refractivity contribution in [2.75, 3.05) is 25.2 Å². The third-order valence-corrected chi connectivity index (χ3v) is 5.00. The van der Waals surface area contributed by atoms with Gasteiger partial charge in [-0.3, -0.25) is 4.79 Å². The molecule has 0 radical (unpaired) electrons. The Bertz CT molecular complexity index is 849. The fraction of sp³-hybridized carbons (Fsp3) is 0.211. The van der Waals surface area contributed by atoms with E-state index in [2.05, 4.69) is 11.9 Å². The highest BCUT2D eigenvalue weighted by atomic mass is 32.2. The van der Waals surface area contributed by atoms with Crippen LogP contribution in [0.25, 0.3) is 0 Å². The zero-order valence-corrected chi connectivity index (χ0v) is 15.6. The molecule has 2 aromatic carbocycles. The van der Waals surface area contributed by atoms with E-state index in [9.17, 15) is 13.2 Å². The zero-order valence-electron chi connectivity index (χ0n) is 14.8. The monoisotopic (exact) mass is 374 g/mol. The molecule has 0 bridgehead atoms. The summed E-state index contributed by atoms with van der Waals surface area (Å²) in [5.41, 5.74) is 1.13. The number of sulfonamides is 1. The molecule has 0 saturated heterocycles. The molecular weight excluding hydrogens is 352 g/mol. The topological polar surface area (TPSA) is 75.7 Å². The van der Waals surface area contributed by atoms with Crippen LogP contribution in [-0.2, 0) is 14.8 Å². The minimum absolute atomic E-state index is 0.390. The van der Waals surface area contributed by atoms with Gasteiger partial charge in [-0.15, -0.1) is 0 Å². The molecule has 0 spiro atoms. The average molecular weight is 374 g/mol. The molecule has 0 aliphatic heterocycles. The van der Waals surface area contributed by atoms with Gasteiger partial charge in [0.05, 0.1) is 6.26 Å². The fourth-order valence-electron chi connectivity index (χ4n) is 2.35. The number of hydrogen-bond donors (Lipinski definition) is 1. The first-order valence-corrected chi connectivity index (χ1v) is 9.80. The Morgan fingerprint density at radius 3 is 2.35 bits per heavy atom. The van der Waals surface area contributed by atoms with Crippen molar-refractivity contribution >= 4 is 21.6 Å². The van der Waals surface area contributed by atoms with Gasteiger partial charge in [-0.1, -0.05) is 43.0 Å². The Morgan fingerprint density at radius 2 is 1.81 bits per heavy atom. The summed E-state index contributed by atoms with van der Waals surface area (Å²) in [7, 11) is -2.17. The maximum absolute atomic E-state index is 12.8. The molecule has 26 heavy (non-hydrogen) atoms. The van der Waals surface area contributed by atoms with Crippen LogP contribution in [-0.4, -0.2) is 38.5 Å². The Hall–Kier alpha value is -2.64. The lowest BCUT2D eigenvalue weighted by molar-refractivity contribution is -0.119. The highest BCUT2D eigenvalue weighted by Crippen LogP contribution is 2.24. The van der Waals surface area contributed by atoms with E-state index in [-0.39, 0.29) is 0 Å². The van der Waals surface area contributed by atoms with Gasteiger partial charge >= 0.3 is 0 Å². The molecule has 0 aliphatic carbocycles. The summed E-state index contributed by atoms with van der Waals surface area (Å²) in [6, 6.07) is 14.6. The van der Waals surface area contributed by atoms with E-state index in [1.54, 1.807) is 60.7 Å². The Balaban J connectivity index is 2.23. The van der Waals surface area contributed by atoms with Crippen molar-refractivity contribution in [3.05, 3.63) is 72.8 Å². The van der Waals surface area contributed by atoms with Crippen LogP contribution < -0.4 is 10.1 Å². The molecule has 0 aromatic heterocycles. The van der Waals surface area contributed by atoms with E-state index in [0.29, 0.717) is 23.6 Å². The third kappa shape index (κ3) is 5.18. The summed E-state index contributed by atoms with van der Waals surface area (Å²) in [4.78, 5) is 12.8. The summed E-state index contributed by atoms with van der Waals surface area (Å²) in [6.45, 7) is 3.97. The molecule has 0 aliphatic rings. The summed E-state index contributed by atoms with van der Waals surface area (Å²) < 4.78 is 30.4. The number of benzene rings is 2. The molecule has 1 atom stereocenters. The Morgan fingerprint density at radius 1 is 1.19 bits per heavy atom. The first-order valence-electron chi connectivity index (χ1n) is 7.95. The molecule has 0 saturated carbocycles. The van der Waals surface area contributed by atoms with Crippen molar-refractivity contribution in [1.82, 2.24) is 4.31 Å². The molecule has 2 aromatic rings. The number of amides is 1. The molecule has 1 N–H and O–H groups in total. The van der Waals surface area contributed by atoms with Crippen LogP contribution >= 0.6 is 0 Å². The normalized spacial score (nSPS) is 12.4. The summed E-state index contributed by atoms with van der Waals surface area (Å²) >= 11 is 0. The van der Waals surface area contributed by atoms with Crippen LogP contribution in [0.5, 0.6) is 5.75 Å². The van der Waals surface area contributed by atoms with Crippen LogP contribution in [0.4, 0.5) is 5.69 Å². The number of hydrogen-bond acceptors (Lipinski definition) is 4. The second-order valence-corrected chi connectivity index (χ2v) is 7.75. The van der Waals surface area contributed by atoms with Crippen molar-refractivity contribution in [2.45, 2.75) is 6.04 Å². The zero-order chi connectivity index (χ0) is 19.2. The maximum Gasteiger partial charge on any atom is 0.247 e. The average Bonchev–Trinajstić information content (AvgIpc) is 2.61. The van der Waals surface area contributed by atoms with E-state index < -0.39 is 22.0 Å². The quantitative estimate of drug-likeness (QED) is 0.721. The van der Waals surface area contributed by atoms with Crippen LogP contribution in [0.2, 0.25) is 0 Å². The largest absolute Gasteiger partial charge is 0.490 e. The number of likely N-dealkylation sites (N-methyl/N-ethyl adjacent to an activating group) is 1. The predicted molar refractivity (Wildman–Crippen MR) is 103 cm³/mol. The summed E-state index contributed by atoms with van der Waals surface area (Å²) in [6.07, 6.45) is 2.71. The van der Waals surface area contributed by atoms with Crippen molar-refractivity contribution in [2.24, 2.45) is 0 Å². The number of carbonyl (C=O) groups excluding carboxylic acids is 1. The van der Waals surface area contributed by atoms with Gasteiger partial charge < -0.3 is 10.1 Å². The maximum atomic E-state index is 12.8. The van der Waals surface area contributed by atoms with Crippen molar-refractivity contribution in [3.63, 3.8) is 0 Å². The van der Waals surface area contributed by atoms with Gasteiger partial charge in [-0.25, -0.2) is 8.42 Å². The summed E-state index contributed by atoms with van der Waals surface area (Å²) in [5.74, 6) is 0.208. The number of rotatable bonds is 8. The highest BCUT2D eigenvalue weighted by molar-refractivity contribution is 7.88. The molecule has 2 rings (SSSR count). The van der Waals surface area contributed by atoms with Crippen LogP contribution in [0.1, 0.15) is 11.6 Å². The summed E-state index contributed by atoms with van der Waals surface area (Å²) in [5, 5.41) is 2.76. The minimum Gasteiger partial charge on any atom is -0.490 e. The number of ether oxygens (including phenoxy) is 1. The van der Waals surface area contributed by atoms with Gasteiger partial charge in [-0.2, -0.15) is 4.31 Å². The highest BCUT2D eigenvalue weighted by Gasteiger charge is 2.30. The van der Waals surface area contributed by atoms with Crippen LogP contribution in [0.3, 0.4) is 0 Å². The van der Waals surface area contributed by atoms with Gasteiger partial charge in [0.15, 0.2) is 0 Å². The Kier molecular flexibility index (Phi) is 6.54. The lowest BCUT2D eigenvalue weighted by atomic mass is 10.1. The SMILES string of the molecule is C=CCOc1ccc(NC(=O)[C@@H](c2ccccc2)N(C)S(C)(=O)=O)cc1. The second kappa shape index (κ2) is 8.64. The van der Waals surface area contributed by atoms with Crippen LogP contribution in [0, 0.1) is 0 Å². The smallest absolute Gasteiger partial charge is 0.247 e. The predicted octanol–water partition coefficient (Wildman–Crippen LogP) is 2.82. The fourth-order valence-corrected chi connectivity index (χ4v) is 2.95. The van der Waals surface area contributed by atoms with Gasteiger partial charge in [-0.05, 0) is 29.8 Å².